The maximum atomic E-state index is 11.3. The summed E-state index contributed by atoms with van der Waals surface area (Å²) in [6, 6.07) is 0. The molecule has 1 amide bonds. The molecule has 24 heavy (non-hydrogen) atoms. The zero-order chi connectivity index (χ0) is 18.0. The molecule has 1 atom stereocenters. The van der Waals surface area contributed by atoms with Gasteiger partial charge in [0, 0.05) is 13.2 Å². The van der Waals surface area contributed by atoms with E-state index in [1.54, 1.807) is 0 Å². The first kappa shape index (κ1) is 24.0. The van der Waals surface area contributed by atoms with Crippen LogP contribution in [-0.4, -0.2) is 76.0 Å². The predicted molar refractivity (Wildman–Crippen MR) is 101 cm³/mol. The third kappa shape index (κ3) is 20.0. The zero-order valence-electron chi connectivity index (χ0n) is 15.1. The third-order valence-electron chi connectivity index (χ3n) is 2.58. The second kappa shape index (κ2) is 17.8. The Morgan fingerprint density at radius 3 is 1.88 bits per heavy atom. The van der Waals surface area contributed by atoms with Crippen molar-refractivity contribution in [3.05, 3.63) is 0 Å². The Morgan fingerprint density at radius 1 is 0.875 bits per heavy atom. The first-order valence-electron chi connectivity index (χ1n) is 8.35. The van der Waals surface area contributed by atoms with Crippen molar-refractivity contribution < 1.29 is 28.5 Å². The minimum absolute atomic E-state index is 0.0262. The van der Waals surface area contributed by atoms with Crippen LogP contribution in [-0.2, 0) is 28.5 Å². The lowest BCUT2D eigenvalue weighted by Crippen LogP contribution is -2.31. The molecular weight excluding hydrogens is 429 g/mol. The third-order valence-corrected chi connectivity index (χ3v) is 2.94. The van der Waals surface area contributed by atoms with Gasteiger partial charge in [-0.05, 0) is 12.8 Å². The molecule has 0 aliphatic rings. The summed E-state index contributed by atoms with van der Waals surface area (Å²) in [4.78, 5) is 11.3. The van der Waals surface area contributed by atoms with Crippen molar-refractivity contribution in [3.8, 4) is 0 Å². The Balaban J connectivity index is 3.11. The van der Waals surface area contributed by atoms with Crippen LogP contribution in [0.25, 0.3) is 0 Å². The molecule has 0 saturated carbocycles. The normalized spacial score (nSPS) is 12.5. The van der Waals surface area contributed by atoms with Crippen LogP contribution >= 0.6 is 22.6 Å². The number of hydrogen-bond donors (Lipinski definition) is 1. The highest BCUT2D eigenvalue weighted by molar-refractivity contribution is 14.1. The second-order valence-electron chi connectivity index (χ2n) is 5.51. The van der Waals surface area contributed by atoms with E-state index >= 15 is 0 Å². The average Bonchev–Trinajstić information content (AvgIpc) is 2.52. The number of nitrogens with one attached hydrogen (secondary N) is 1. The lowest BCUT2D eigenvalue weighted by Gasteiger charge is -2.09. The van der Waals surface area contributed by atoms with Crippen LogP contribution in [0, 0.1) is 5.92 Å². The molecule has 0 aromatic carbocycles. The minimum Gasteiger partial charge on any atom is -0.379 e. The lowest BCUT2D eigenvalue weighted by molar-refractivity contribution is -0.126. The molecule has 0 aromatic rings. The van der Waals surface area contributed by atoms with Crippen molar-refractivity contribution >= 4 is 28.5 Å². The summed E-state index contributed by atoms with van der Waals surface area (Å²) in [7, 11) is 0. The second-order valence-corrected chi connectivity index (χ2v) is 7.26. The van der Waals surface area contributed by atoms with E-state index in [9.17, 15) is 4.79 Å². The molecule has 0 spiro atoms. The molecular formula is C16H32INO6. The van der Waals surface area contributed by atoms with E-state index in [2.05, 4.69) is 41.8 Å². The molecule has 7 nitrogen and oxygen atoms in total. The quantitative estimate of drug-likeness (QED) is 0.202. The largest absolute Gasteiger partial charge is 0.379 e. The van der Waals surface area contributed by atoms with Gasteiger partial charge in [-0.15, -0.1) is 0 Å². The fraction of sp³-hybridized carbons (Fsp3) is 0.938. The van der Waals surface area contributed by atoms with E-state index in [0.29, 0.717) is 58.7 Å². The van der Waals surface area contributed by atoms with E-state index in [1.807, 2.05) is 6.92 Å². The molecule has 0 aromatic heterocycles. The van der Waals surface area contributed by atoms with E-state index in [-0.39, 0.29) is 16.6 Å². The lowest BCUT2D eigenvalue weighted by atomic mass is 10.2. The number of halogens is 1. The molecule has 1 unspecified atom stereocenters. The van der Waals surface area contributed by atoms with E-state index < -0.39 is 0 Å². The van der Waals surface area contributed by atoms with Crippen LogP contribution in [0.5, 0.6) is 0 Å². The molecule has 0 heterocycles. The van der Waals surface area contributed by atoms with Crippen molar-refractivity contribution in [2.75, 3.05) is 66.0 Å². The van der Waals surface area contributed by atoms with Crippen molar-refractivity contribution in [1.82, 2.24) is 5.32 Å². The SMILES string of the molecule is CC(C)COCCOCCOCCOCCNC(=O)COC(C)I. The highest BCUT2D eigenvalue weighted by Crippen LogP contribution is 1.98. The molecule has 8 heteroatoms. The van der Waals surface area contributed by atoms with E-state index in [0.717, 1.165) is 6.61 Å². The van der Waals surface area contributed by atoms with Crippen molar-refractivity contribution in [2.45, 2.75) is 24.9 Å². The van der Waals surface area contributed by atoms with Gasteiger partial charge in [0.05, 0.1) is 46.2 Å². The Labute approximate surface area is 159 Å². The maximum absolute atomic E-state index is 11.3. The Bertz CT molecular complexity index is 292. The number of carbonyl (C=O) groups excluding carboxylic acids is 1. The minimum atomic E-state index is -0.132. The van der Waals surface area contributed by atoms with Gasteiger partial charge in [-0.3, -0.25) is 4.79 Å². The molecule has 0 bridgehead atoms. The summed E-state index contributed by atoms with van der Waals surface area (Å²) in [5, 5.41) is 2.72. The number of amides is 1. The van der Waals surface area contributed by atoms with Gasteiger partial charge in [0.15, 0.2) is 0 Å². The van der Waals surface area contributed by atoms with Gasteiger partial charge in [-0.2, -0.15) is 0 Å². The average molecular weight is 461 g/mol. The molecule has 0 radical (unpaired) electrons. The van der Waals surface area contributed by atoms with Crippen LogP contribution in [0.15, 0.2) is 0 Å². The highest BCUT2D eigenvalue weighted by atomic mass is 127. The highest BCUT2D eigenvalue weighted by Gasteiger charge is 2.02. The van der Waals surface area contributed by atoms with Gasteiger partial charge in [-0.1, -0.05) is 36.4 Å². The number of alkyl halides is 1. The van der Waals surface area contributed by atoms with Crippen molar-refractivity contribution in [2.24, 2.45) is 5.92 Å². The van der Waals surface area contributed by atoms with Crippen LogP contribution in [0.4, 0.5) is 0 Å². The van der Waals surface area contributed by atoms with Gasteiger partial charge >= 0.3 is 0 Å². The zero-order valence-corrected chi connectivity index (χ0v) is 17.2. The van der Waals surface area contributed by atoms with Gasteiger partial charge in [0.25, 0.3) is 0 Å². The Kier molecular flexibility index (Phi) is 17.8. The summed E-state index contributed by atoms with van der Waals surface area (Å²) >= 11 is 2.10. The van der Waals surface area contributed by atoms with Crippen LogP contribution in [0.3, 0.4) is 0 Å². The first-order chi connectivity index (χ1) is 11.5. The molecule has 0 fully saturated rings. The summed E-state index contributed by atoms with van der Waals surface area (Å²) in [6.07, 6.45) is 0. The molecule has 0 rings (SSSR count). The van der Waals surface area contributed by atoms with Crippen molar-refractivity contribution in [1.29, 1.82) is 0 Å². The van der Waals surface area contributed by atoms with Crippen LogP contribution in [0.2, 0.25) is 0 Å². The Hall–Kier alpha value is 0. The number of rotatable bonds is 17. The van der Waals surface area contributed by atoms with Crippen molar-refractivity contribution in [3.63, 3.8) is 0 Å². The summed E-state index contributed by atoms with van der Waals surface area (Å²) in [6.45, 7) is 11.2. The topological polar surface area (TPSA) is 75.3 Å². The van der Waals surface area contributed by atoms with Gasteiger partial charge in [0.2, 0.25) is 5.91 Å². The van der Waals surface area contributed by atoms with Crippen LogP contribution < -0.4 is 5.32 Å². The number of hydrogen-bond acceptors (Lipinski definition) is 6. The summed E-state index contributed by atoms with van der Waals surface area (Å²) in [5.74, 6) is 0.419. The maximum Gasteiger partial charge on any atom is 0.246 e. The molecule has 144 valence electrons. The standard InChI is InChI=1S/C16H32INO6/c1-14(2)12-23-11-10-22-9-8-21-7-6-20-5-4-18-16(19)13-24-15(3)17/h14-15H,4-13H2,1-3H3,(H,18,19). The fourth-order valence-corrected chi connectivity index (χ4v) is 1.66. The van der Waals surface area contributed by atoms with E-state index in [1.165, 1.54) is 0 Å². The number of ether oxygens (including phenoxy) is 5. The molecule has 0 saturated heterocycles. The molecule has 0 aliphatic carbocycles. The molecule has 0 aliphatic heterocycles. The van der Waals surface area contributed by atoms with E-state index in [4.69, 9.17) is 23.7 Å². The van der Waals surface area contributed by atoms with Gasteiger partial charge in [-0.25, -0.2) is 0 Å². The number of carbonyl (C=O) groups is 1. The first-order valence-corrected chi connectivity index (χ1v) is 9.60. The molecule has 1 N–H and O–H groups in total. The monoisotopic (exact) mass is 461 g/mol. The van der Waals surface area contributed by atoms with Gasteiger partial charge in [0.1, 0.15) is 10.7 Å². The smallest absolute Gasteiger partial charge is 0.246 e. The predicted octanol–water partition coefficient (Wildman–Crippen LogP) is 1.62. The Morgan fingerprint density at radius 2 is 1.38 bits per heavy atom. The van der Waals surface area contributed by atoms with Gasteiger partial charge < -0.3 is 29.0 Å². The summed E-state index contributed by atoms with van der Waals surface area (Å²) < 4.78 is 26.7. The fourth-order valence-electron chi connectivity index (χ4n) is 1.48. The summed E-state index contributed by atoms with van der Waals surface area (Å²) in [5.41, 5.74) is 0. The van der Waals surface area contributed by atoms with Crippen LogP contribution in [0.1, 0.15) is 20.8 Å².